The van der Waals surface area contributed by atoms with Crippen LogP contribution in [-0.2, 0) is 22.5 Å². The van der Waals surface area contributed by atoms with E-state index < -0.39 is 12.0 Å². The van der Waals surface area contributed by atoms with Crippen LogP contribution in [0.5, 0.6) is 0 Å². The molecule has 1 N–H and O–H groups in total. The van der Waals surface area contributed by atoms with Crippen LogP contribution in [0, 0.1) is 0 Å². The predicted octanol–water partition coefficient (Wildman–Crippen LogP) is 5.91. The van der Waals surface area contributed by atoms with E-state index in [4.69, 9.17) is 9.72 Å². The van der Waals surface area contributed by atoms with Gasteiger partial charge >= 0.3 is 5.97 Å². The zero-order valence-electron chi connectivity index (χ0n) is 19.9. The first-order valence-electron chi connectivity index (χ1n) is 12.0. The molecule has 36 heavy (non-hydrogen) atoms. The van der Waals surface area contributed by atoms with E-state index >= 15 is 0 Å². The van der Waals surface area contributed by atoms with Crippen LogP contribution in [0.2, 0.25) is 0 Å². The molecule has 0 spiro atoms. The molecule has 0 radical (unpaired) electrons. The predicted molar refractivity (Wildman–Crippen MR) is 144 cm³/mol. The number of rotatable bonds is 6. The van der Waals surface area contributed by atoms with Crippen molar-refractivity contribution in [1.82, 2.24) is 9.88 Å². The van der Waals surface area contributed by atoms with Crippen molar-refractivity contribution in [2.75, 3.05) is 18.5 Å². The standard InChI is InChI=1S/C29H26BrN3O3/c1-2-36-29(35)27-22-13-12-21(30)16-20(22)14-15-33(27)28(34)24-17-26(31-18-19-8-4-3-5-9-19)32-25-11-7-6-10-23(24)25/h3-13,16-17,27H,2,14-15,18H2,1H3,(H,31,32). The Morgan fingerprint density at radius 3 is 2.64 bits per heavy atom. The number of nitrogens with zero attached hydrogens (tertiary/aromatic N) is 2. The molecule has 0 aliphatic carbocycles. The van der Waals surface area contributed by atoms with Gasteiger partial charge in [-0.1, -0.05) is 70.5 Å². The van der Waals surface area contributed by atoms with Crippen molar-refractivity contribution >= 4 is 44.5 Å². The minimum atomic E-state index is -0.804. The summed E-state index contributed by atoms with van der Waals surface area (Å²) in [7, 11) is 0. The van der Waals surface area contributed by atoms with Crippen LogP contribution < -0.4 is 5.32 Å². The van der Waals surface area contributed by atoms with Gasteiger partial charge in [-0.3, -0.25) is 4.79 Å². The third-order valence-corrected chi connectivity index (χ3v) is 6.86. The van der Waals surface area contributed by atoms with Gasteiger partial charge in [0.1, 0.15) is 5.82 Å². The number of hydrogen-bond donors (Lipinski definition) is 1. The van der Waals surface area contributed by atoms with E-state index in [1.165, 1.54) is 0 Å². The van der Waals surface area contributed by atoms with Crippen molar-refractivity contribution in [3.63, 3.8) is 0 Å². The lowest BCUT2D eigenvalue weighted by molar-refractivity contribution is -0.149. The fourth-order valence-corrected chi connectivity index (χ4v) is 5.08. The van der Waals surface area contributed by atoms with Crippen LogP contribution in [0.4, 0.5) is 5.82 Å². The van der Waals surface area contributed by atoms with Crippen LogP contribution in [0.3, 0.4) is 0 Å². The Bertz CT molecular complexity index is 1420. The number of aromatic nitrogens is 1. The van der Waals surface area contributed by atoms with Gasteiger partial charge in [0.05, 0.1) is 17.7 Å². The zero-order valence-corrected chi connectivity index (χ0v) is 21.5. The quantitative estimate of drug-likeness (QED) is 0.306. The summed E-state index contributed by atoms with van der Waals surface area (Å²) >= 11 is 3.51. The zero-order chi connectivity index (χ0) is 25.1. The minimum absolute atomic E-state index is 0.219. The number of carbonyl (C=O) groups excluding carboxylic acids is 2. The van der Waals surface area contributed by atoms with Crippen molar-refractivity contribution in [3.8, 4) is 0 Å². The second-order valence-electron chi connectivity index (χ2n) is 8.66. The Morgan fingerprint density at radius 1 is 1.06 bits per heavy atom. The lowest BCUT2D eigenvalue weighted by Crippen LogP contribution is -2.44. The molecule has 0 fully saturated rings. The third-order valence-electron chi connectivity index (χ3n) is 6.37. The summed E-state index contributed by atoms with van der Waals surface area (Å²) in [6, 6.07) is 24.4. The number of para-hydroxylation sites is 1. The first kappa shape index (κ1) is 24.0. The molecule has 1 aliphatic rings. The van der Waals surface area contributed by atoms with Gasteiger partial charge in [-0.25, -0.2) is 9.78 Å². The average molecular weight is 544 g/mol. The Hall–Kier alpha value is -3.71. The molecule has 1 amide bonds. The summed E-state index contributed by atoms with van der Waals surface area (Å²) in [5.41, 5.74) is 4.17. The van der Waals surface area contributed by atoms with E-state index in [-0.39, 0.29) is 12.5 Å². The van der Waals surface area contributed by atoms with Crippen LogP contribution in [-0.4, -0.2) is 34.9 Å². The van der Waals surface area contributed by atoms with Gasteiger partial charge in [0.2, 0.25) is 0 Å². The fraction of sp³-hybridized carbons (Fsp3) is 0.207. The summed E-state index contributed by atoms with van der Waals surface area (Å²) in [4.78, 5) is 33.6. The van der Waals surface area contributed by atoms with Gasteiger partial charge in [0.15, 0.2) is 6.04 Å². The molecule has 1 aliphatic heterocycles. The van der Waals surface area contributed by atoms with E-state index in [1.807, 2.05) is 72.8 Å². The van der Waals surface area contributed by atoms with E-state index in [9.17, 15) is 9.59 Å². The van der Waals surface area contributed by atoms with Crippen molar-refractivity contribution in [2.45, 2.75) is 25.9 Å². The highest BCUT2D eigenvalue weighted by Gasteiger charge is 2.38. The third kappa shape index (κ3) is 4.84. The molecule has 1 atom stereocenters. The van der Waals surface area contributed by atoms with Gasteiger partial charge in [0.25, 0.3) is 5.91 Å². The van der Waals surface area contributed by atoms with E-state index in [0.29, 0.717) is 36.4 Å². The molecule has 1 aromatic heterocycles. The highest BCUT2D eigenvalue weighted by molar-refractivity contribution is 9.10. The molecule has 4 aromatic rings. The lowest BCUT2D eigenvalue weighted by Gasteiger charge is -2.36. The molecular formula is C29H26BrN3O3. The summed E-state index contributed by atoms with van der Waals surface area (Å²) in [5.74, 6) is -0.0344. The summed E-state index contributed by atoms with van der Waals surface area (Å²) in [5, 5.41) is 4.10. The number of halogens is 1. The molecule has 6 nitrogen and oxygen atoms in total. The number of ether oxygens (including phenoxy) is 1. The summed E-state index contributed by atoms with van der Waals surface area (Å²) in [6.45, 7) is 3.01. The maximum atomic E-state index is 14.1. The number of nitrogens with one attached hydrogen (secondary N) is 1. The minimum Gasteiger partial charge on any atom is -0.464 e. The largest absolute Gasteiger partial charge is 0.464 e. The summed E-state index contributed by atoms with van der Waals surface area (Å²) < 4.78 is 6.36. The molecule has 0 saturated carbocycles. The molecule has 3 aromatic carbocycles. The number of benzene rings is 3. The lowest BCUT2D eigenvalue weighted by atomic mass is 9.91. The topological polar surface area (TPSA) is 71.5 Å². The Labute approximate surface area is 218 Å². The first-order valence-corrected chi connectivity index (χ1v) is 12.8. The maximum absolute atomic E-state index is 14.1. The highest BCUT2D eigenvalue weighted by atomic mass is 79.9. The van der Waals surface area contributed by atoms with Crippen molar-refractivity contribution in [3.05, 3.63) is 106 Å². The molecule has 0 saturated heterocycles. The smallest absolute Gasteiger partial charge is 0.333 e. The normalized spacial score (nSPS) is 14.8. The molecular weight excluding hydrogens is 518 g/mol. The number of carbonyl (C=O) groups is 2. The monoisotopic (exact) mass is 543 g/mol. The van der Waals surface area contributed by atoms with E-state index in [2.05, 4.69) is 21.2 Å². The van der Waals surface area contributed by atoms with Crippen LogP contribution >= 0.6 is 15.9 Å². The van der Waals surface area contributed by atoms with Crippen LogP contribution in [0.15, 0.2) is 83.3 Å². The molecule has 182 valence electrons. The Kier molecular flexibility index (Phi) is 7.00. The van der Waals surface area contributed by atoms with Crippen molar-refractivity contribution < 1.29 is 14.3 Å². The SMILES string of the molecule is CCOC(=O)C1c2ccc(Br)cc2CCN1C(=O)c1cc(NCc2ccccc2)nc2ccccc12. The average Bonchev–Trinajstić information content (AvgIpc) is 2.91. The van der Waals surface area contributed by atoms with Crippen molar-refractivity contribution in [1.29, 1.82) is 0 Å². The van der Waals surface area contributed by atoms with Gasteiger partial charge < -0.3 is 15.0 Å². The molecule has 7 heteroatoms. The maximum Gasteiger partial charge on any atom is 0.333 e. The second-order valence-corrected chi connectivity index (χ2v) is 9.57. The van der Waals surface area contributed by atoms with Gasteiger partial charge in [-0.15, -0.1) is 0 Å². The fourth-order valence-electron chi connectivity index (χ4n) is 4.68. The Morgan fingerprint density at radius 2 is 1.83 bits per heavy atom. The van der Waals surface area contributed by atoms with E-state index in [0.717, 1.165) is 26.5 Å². The van der Waals surface area contributed by atoms with Gasteiger partial charge in [0, 0.05) is 22.9 Å². The first-order chi connectivity index (χ1) is 17.5. The number of esters is 1. The number of fused-ring (bicyclic) bond motifs is 2. The summed E-state index contributed by atoms with van der Waals surface area (Å²) in [6.07, 6.45) is 0.651. The van der Waals surface area contributed by atoms with Gasteiger partial charge in [-0.2, -0.15) is 0 Å². The molecule has 5 rings (SSSR count). The molecule has 1 unspecified atom stereocenters. The highest BCUT2D eigenvalue weighted by Crippen LogP contribution is 2.35. The molecule has 0 bridgehead atoms. The number of hydrogen-bond acceptors (Lipinski definition) is 5. The number of pyridine rings is 1. The number of amides is 1. The van der Waals surface area contributed by atoms with Crippen molar-refractivity contribution in [2.24, 2.45) is 0 Å². The Balaban J connectivity index is 1.53. The second kappa shape index (κ2) is 10.5. The number of anilines is 1. The van der Waals surface area contributed by atoms with Gasteiger partial charge in [-0.05, 0) is 54.3 Å². The molecule has 2 heterocycles. The van der Waals surface area contributed by atoms with Crippen LogP contribution in [0.1, 0.15) is 40.0 Å². The van der Waals surface area contributed by atoms with E-state index in [1.54, 1.807) is 17.9 Å². The van der Waals surface area contributed by atoms with Crippen LogP contribution in [0.25, 0.3) is 10.9 Å².